The molecule has 0 saturated heterocycles. The second-order valence-electron chi connectivity index (χ2n) is 6.45. The number of rotatable bonds is 0. The summed E-state index contributed by atoms with van der Waals surface area (Å²) in [5, 5.41) is 0. The second kappa shape index (κ2) is 7.47. The van der Waals surface area contributed by atoms with E-state index in [0.29, 0.717) is 0 Å². The van der Waals surface area contributed by atoms with E-state index >= 15 is 0 Å². The molecule has 0 spiro atoms. The van der Waals surface area contributed by atoms with Crippen LogP contribution in [-0.2, 0) is 42.8 Å². The third kappa shape index (κ3) is 3.70. The zero-order valence-corrected chi connectivity index (χ0v) is 14.4. The van der Waals surface area contributed by atoms with Gasteiger partial charge >= 0.3 is 17.1 Å². The van der Waals surface area contributed by atoms with Crippen molar-refractivity contribution in [1.29, 1.82) is 0 Å². The van der Waals surface area contributed by atoms with Gasteiger partial charge in [0.1, 0.15) is 0 Å². The maximum atomic E-state index is 2.30. The Hall–Kier alpha value is -0.781. The molecule has 0 fully saturated rings. The zero-order valence-electron chi connectivity index (χ0n) is 13.3. The molecule has 0 bridgehead atoms. The Balaban J connectivity index is 0.000000147. The minimum absolute atomic E-state index is 0. The first kappa shape index (κ1) is 16.6. The average Bonchev–Trinajstić information content (AvgIpc) is 3.05. The maximum Gasteiger partial charge on any atom is 2.00 e. The van der Waals surface area contributed by atoms with Crippen LogP contribution in [0.5, 0.6) is 0 Å². The molecular weight excluding hydrogens is 296 g/mol. The van der Waals surface area contributed by atoms with Crippen LogP contribution in [0, 0.1) is 13.8 Å². The first-order valence-electron chi connectivity index (χ1n) is 8.24. The van der Waals surface area contributed by atoms with Crippen molar-refractivity contribution in [3.05, 3.63) is 57.6 Å². The number of aryl methyl sites for hydroxylation is 4. The molecule has 2 aliphatic carbocycles. The smallest absolute Gasteiger partial charge is 0.199 e. The normalized spacial score (nSPS) is 16.1. The Bertz CT molecular complexity index is 518. The number of fused-ring (bicyclic) bond motifs is 2. The molecule has 0 nitrogen and oxygen atoms in total. The third-order valence-electron chi connectivity index (χ3n) is 5.04. The fourth-order valence-corrected chi connectivity index (χ4v) is 3.78. The predicted octanol–water partition coefficient (Wildman–Crippen LogP) is 5.18. The predicted molar refractivity (Wildman–Crippen MR) is 86.8 cm³/mol. The number of hydrogen-bond acceptors (Lipinski definition) is 0. The summed E-state index contributed by atoms with van der Waals surface area (Å²) in [5.74, 6) is 0. The Morgan fingerprint density at radius 1 is 0.667 bits per heavy atom. The van der Waals surface area contributed by atoms with Crippen LogP contribution in [0.4, 0.5) is 0 Å². The summed E-state index contributed by atoms with van der Waals surface area (Å²) < 4.78 is 0. The van der Waals surface area contributed by atoms with Crippen molar-refractivity contribution in [2.45, 2.75) is 65.2 Å². The molecule has 4 rings (SSSR count). The molecule has 0 unspecified atom stereocenters. The van der Waals surface area contributed by atoms with Crippen molar-refractivity contribution in [1.82, 2.24) is 0 Å². The van der Waals surface area contributed by atoms with E-state index in [0.717, 1.165) is 0 Å². The van der Waals surface area contributed by atoms with Crippen LogP contribution in [0.25, 0.3) is 0 Å². The Labute approximate surface area is 140 Å². The van der Waals surface area contributed by atoms with Crippen LogP contribution in [-0.4, -0.2) is 0 Å². The van der Waals surface area contributed by atoms with Gasteiger partial charge in [0.2, 0.25) is 0 Å². The molecule has 0 atom stereocenters. The van der Waals surface area contributed by atoms with Crippen LogP contribution in [0.15, 0.2) is 24.3 Å². The van der Waals surface area contributed by atoms with E-state index in [1.165, 1.54) is 62.5 Å². The van der Waals surface area contributed by atoms with Crippen molar-refractivity contribution in [3.63, 3.8) is 0 Å². The SMILES string of the molecule is Cc1c[cH-]c2c1CCCC2.Cc1c[cH-]c2c1CCCC2.[Fe+2]. The quantitative estimate of drug-likeness (QED) is 0.463. The molecule has 0 heterocycles. The summed E-state index contributed by atoms with van der Waals surface area (Å²) >= 11 is 0. The largest absolute Gasteiger partial charge is 2.00 e. The molecule has 0 aromatic heterocycles. The van der Waals surface area contributed by atoms with E-state index in [1.54, 1.807) is 22.3 Å². The van der Waals surface area contributed by atoms with Gasteiger partial charge in [-0.05, 0) is 0 Å². The molecule has 0 amide bonds. The van der Waals surface area contributed by atoms with Gasteiger partial charge in [0.25, 0.3) is 0 Å². The summed E-state index contributed by atoms with van der Waals surface area (Å²) in [6, 6.07) is 9.11. The minimum Gasteiger partial charge on any atom is -0.199 e. The molecule has 0 N–H and O–H groups in total. The topological polar surface area (TPSA) is 0 Å². The first-order valence-corrected chi connectivity index (χ1v) is 8.24. The molecule has 0 aliphatic heterocycles. The Morgan fingerprint density at radius 2 is 1.05 bits per heavy atom. The van der Waals surface area contributed by atoms with Gasteiger partial charge in [-0.3, -0.25) is 0 Å². The molecular formula is C20H26Fe. The van der Waals surface area contributed by atoms with Crippen LogP contribution in [0.3, 0.4) is 0 Å². The summed E-state index contributed by atoms with van der Waals surface area (Å²) in [6.07, 6.45) is 10.9. The van der Waals surface area contributed by atoms with E-state index in [1.807, 2.05) is 0 Å². The van der Waals surface area contributed by atoms with Crippen LogP contribution >= 0.6 is 0 Å². The molecule has 1 heteroatoms. The molecule has 2 aromatic rings. The second-order valence-corrected chi connectivity index (χ2v) is 6.45. The van der Waals surface area contributed by atoms with Gasteiger partial charge in [-0.1, -0.05) is 65.2 Å². The van der Waals surface area contributed by atoms with E-state index in [4.69, 9.17) is 0 Å². The summed E-state index contributed by atoms with van der Waals surface area (Å²) in [7, 11) is 0. The first-order chi connectivity index (χ1) is 9.75. The van der Waals surface area contributed by atoms with Crippen molar-refractivity contribution in [2.75, 3.05) is 0 Å². The Kier molecular flexibility index (Phi) is 5.90. The molecule has 0 radical (unpaired) electrons. The zero-order chi connectivity index (χ0) is 13.9. The molecule has 114 valence electrons. The fourth-order valence-electron chi connectivity index (χ4n) is 3.78. The van der Waals surface area contributed by atoms with Gasteiger partial charge in [0.15, 0.2) is 0 Å². The van der Waals surface area contributed by atoms with E-state index in [-0.39, 0.29) is 17.1 Å². The van der Waals surface area contributed by atoms with E-state index in [9.17, 15) is 0 Å². The number of hydrogen-bond donors (Lipinski definition) is 0. The van der Waals surface area contributed by atoms with Gasteiger partial charge in [0.05, 0.1) is 0 Å². The fraction of sp³-hybridized carbons (Fsp3) is 0.500. The van der Waals surface area contributed by atoms with Crippen LogP contribution in [0.1, 0.15) is 59.1 Å². The van der Waals surface area contributed by atoms with Gasteiger partial charge in [-0.15, -0.1) is 0 Å². The summed E-state index contributed by atoms with van der Waals surface area (Å²) in [4.78, 5) is 0. The summed E-state index contributed by atoms with van der Waals surface area (Å²) in [5.41, 5.74) is 9.54. The van der Waals surface area contributed by atoms with Crippen molar-refractivity contribution < 1.29 is 17.1 Å². The average molecular weight is 322 g/mol. The van der Waals surface area contributed by atoms with Gasteiger partial charge in [0, 0.05) is 0 Å². The summed E-state index contributed by atoms with van der Waals surface area (Å²) in [6.45, 7) is 4.45. The third-order valence-corrected chi connectivity index (χ3v) is 5.04. The van der Waals surface area contributed by atoms with Crippen molar-refractivity contribution in [3.8, 4) is 0 Å². The van der Waals surface area contributed by atoms with Crippen molar-refractivity contribution in [2.24, 2.45) is 0 Å². The van der Waals surface area contributed by atoms with E-state index < -0.39 is 0 Å². The van der Waals surface area contributed by atoms with Crippen LogP contribution in [0.2, 0.25) is 0 Å². The van der Waals surface area contributed by atoms with Gasteiger partial charge in [-0.2, -0.15) is 57.6 Å². The van der Waals surface area contributed by atoms with Gasteiger partial charge < -0.3 is 0 Å². The molecule has 2 aliphatic rings. The molecule has 2 aromatic carbocycles. The monoisotopic (exact) mass is 322 g/mol. The van der Waals surface area contributed by atoms with Crippen molar-refractivity contribution >= 4 is 0 Å². The van der Waals surface area contributed by atoms with E-state index in [2.05, 4.69) is 38.1 Å². The minimum atomic E-state index is 0. The van der Waals surface area contributed by atoms with Gasteiger partial charge in [-0.25, -0.2) is 0 Å². The standard InChI is InChI=1S/2C10H13.Fe/c2*1-8-6-7-9-4-2-3-5-10(8)9;/h2*6-7H,2-5H2,1H3;/q2*-1;+2. The Morgan fingerprint density at radius 3 is 1.43 bits per heavy atom. The maximum absolute atomic E-state index is 2.30. The molecule has 21 heavy (non-hydrogen) atoms. The molecule has 0 saturated carbocycles. The van der Waals surface area contributed by atoms with Crippen LogP contribution < -0.4 is 0 Å².